The van der Waals surface area contributed by atoms with Crippen LogP contribution in [0.25, 0.3) is 10.1 Å². The van der Waals surface area contributed by atoms with Crippen LogP contribution in [-0.4, -0.2) is 25.3 Å². The highest BCUT2D eigenvalue weighted by Crippen LogP contribution is 2.43. The first-order valence-electron chi connectivity index (χ1n) is 4.94. The van der Waals surface area contributed by atoms with Crippen LogP contribution in [-0.2, 0) is 0 Å². The average Bonchev–Trinajstić information content (AvgIpc) is 2.81. The Balaban J connectivity index is 2.73. The van der Waals surface area contributed by atoms with Crippen molar-refractivity contribution >= 4 is 43.2 Å². The minimum absolute atomic E-state index is 0.0843. The molecule has 0 saturated heterocycles. The molecule has 18 heavy (non-hydrogen) atoms. The zero-order valence-electron chi connectivity index (χ0n) is 9.73. The summed E-state index contributed by atoms with van der Waals surface area (Å²) in [6.07, 6.45) is 0. The highest BCUT2D eigenvalue weighted by Gasteiger charge is 2.16. The molecule has 0 unspecified atom stereocenters. The number of benzene rings is 1. The van der Waals surface area contributed by atoms with Crippen molar-refractivity contribution in [2.45, 2.75) is 0 Å². The lowest BCUT2D eigenvalue weighted by Crippen LogP contribution is -2.10. The third-order valence-electron chi connectivity index (χ3n) is 2.47. The molecule has 1 aromatic carbocycles. The molecule has 0 amide bonds. The van der Waals surface area contributed by atoms with Crippen LogP contribution < -0.4 is 15.2 Å². The molecule has 3 N–H and O–H groups in total. The molecule has 5 nitrogen and oxygen atoms in total. The van der Waals surface area contributed by atoms with Crippen LogP contribution in [0.3, 0.4) is 0 Å². The van der Waals surface area contributed by atoms with Crippen LogP contribution in [0.5, 0.6) is 11.5 Å². The highest BCUT2D eigenvalue weighted by molar-refractivity contribution is 9.10. The van der Waals surface area contributed by atoms with Crippen LogP contribution in [0.1, 0.15) is 4.88 Å². The van der Waals surface area contributed by atoms with Crippen LogP contribution in [0, 0.1) is 0 Å². The quantitative estimate of drug-likeness (QED) is 0.392. The summed E-state index contributed by atoms with van der Waals surface area (Å²) in [7, 11) is 3.15. The van der Waals surface area contributed by atoms with Crippen LogP contribution >= 0.6 is 27.3 Å². The van der Waals surface area contributed by atoms with Crippen molar-refractivity contribution in [2.75, 3.05) is 14.2 Å². The minimum atomic E-state index is 0.0843. The standard InChI is InChI=1S/C11H11BrN2O3S/c1-16-6-4-7-5(9(12)10(6)17-2)3-8(18-7)11(13)14-15/h3-4,15H,1-2H3,(H2,13,14). The molecule has 0 aliphatic heterocycles. The van der Waals surface area contributed by atoms with Crippen molar-refractivity contribution in [1.82, 2.24) is 0 Å². The Morgan fingerprint density at radius 1 is 1.39 bits per heavy atom. The van der Waals surface area contributed by atoms with Crippen molar-refractivity contribution in [3.8, 4) is 11.5 Å². The van der Waals surface area contributed by atoms with Crippen LogP contribution in [0.15, 0.2) is 21.8 Å². The summed E-state index contributed by atoms with van der Waals surface area (Å²) >= 11 is 4.89. The summed E-state index contributed by atoms with van der Waals surface area (Å²) < 4.78 is 12.3. The lowest BCUT2D eigenvalue weighted by atomic mass is 10.2. The first-order valence-corrected chi connectivity index (χ1v) is 6.55. The normalized spacial score (nSPS) is 11.8. The van der Waals surface area contributed by atoms with E-state index in [2.05, 4.69) is 21.1 Å². The first kappa shape index (κ1) is 13.0. The van der Waals surface area contributed by atoms with E-state index in [1.807, 2.05) is 12.1 Å². The SMILES string of the molecule is COc1cc2sc(/C(N)=N\O)cc2c(Br)c1OC. The molecule has 1 aromatic heterocycles. The molecule has 7 heteroatoms. The van der Waals surface area contributed by atoms with Gasteiger partial charge >= 0.3 is 0 Å². The topological polar surface area (TPSA) is 77.1 Å². The van der Waals surface area contributed by atoms with Gasteiger partial charge in [-0.25, -0.2) is 0 Å². The van der Waals surface area contributed by atoms with Gasteiger partial charge in [0.2, 0.25) is 0 Å². The van der Waals surface area contributed by atoms with Crippen molar-refractivity contribution in [3.63, 3.8) is 0 Å². The molecule has 96 valence electrons. The van der Waals surface area contributed by atoms with Gasteiger partial charge in [-0.05, 0) is 22.0 Å². The summed E-state index contributed by atoms with van der Waals surface area (Å²) in [6.45, 7) is 0. The average molecular weight is 331 g/mol. The van der Waals surface area contributed by atoms with Crippen molar-refractivity contribution in [2.24, 2.45) is 10.9 Å². The maximum atomic E-state index is 8.69. The van der Waals surface area contributed by atoms with E-state index >= 15 is 0 Å². The maximum Gasteiger partial charge on any atom is 0.180 e. The third-order valence-corrected chi connectivity index (χ3v) is 4.36. The van der Waals surface area contributed by atoms with E-state index in [4.69, 9.17) is 20.4 Å². The number of nitrogens with two attached hydrogens (primary N) is 1. The number of thiophene rings is 1. The Morgan fingerprint density at radius 2 is 2.11 bits per heavy atom. The van der Waals surface area contributed by atoms with Gasteiger partial charge in [0.15, 0.2) is 17.3 Å². The number of fused-ring (bicyclic) bond motifs is 1. The Bertz CT molecular complexity index is 624. The van der Waals surface area contributed by atoms with E-state index in [1.54, 1.807) is 14.2 Å². The second-order valence-corrected chi connectivity index (χ2v) is 5.31. The predicted molar refractivity (Wildman–Crippen MR) is 75.1 cm³/mol. The molecule has 0 saturated carbocycles. The summed E-state index contributed by atoms with van der Waals surface area (Å²) in [5, 5.41) is 12.6. The Kier molecular flexibility index (Phi) is 3.63. The number of hydrogen-bond acceptors (Lipinski definition) is 5. The van der Waals surface area contributed by atoms with Crippen LogP contribution in [0.2, 0.25) is 0 Å². The van der Waals surface area contributed by atoms with Gasteiger partial charge in [0, 0.05) is 16.2 Å². The van der Waals surface area contributed by atoms with E-state index < -0.39 is 0 Å². The van der Waals surface area contributed by atoms with E-state index in [1.165, 1.54) is 11.3 Å². The fraction of sp³-hybridized carbons (Fsp3) is 0.182. The van der Waals surface area contributed by atoms with E-state index in [-0.39, 0.29) is 5.84 Å². The van der Waals surface area contributed by atoms with Gasteiger partial charge in [0.25, 0.3) is 0 Å². The Hall–Kier alpha value is -1.47. The van der Waals surface area contributed by atoms with Gasteiger partial charge in [-0.1, -0.05) is 5.16 Å². The molecule has 0 fully saturated rings. The van der Waals surface area contributed by atoms with E-state index in [9.17, 15) is 0 Å². The molecule has 0 radical (unpaired) electrons. The van der Waals surface area contributed by atoms with E-state index in [0.717, 1.165) is 14.6 Å². The lowest BCUT2D eigenvalue weighted by molar-refractivity contribution is 0.319. The molecular weight excluding hydrogens is 320 g/mol. The van der Waals surface area contributed by atoms with Crippen molar-refractivity contribution < 1.29 is 14.7 Å². The predicted octanol–water partition coefficient (Wildman–Crippen LogP) is 2.78. The number of hydrogen-bond donors (Lipinski definition) is 2. The number of halogens is 1. The molecule has 1 heterocycles. The van der Waals surface area contributed by atoms with E-state index in [0.29, 0.717) is 16.4 Å². The molecule has 0 aliphatic carbocycles. The molecule has 0 atom stereocenters. The number of rotatable bonds is 3. The molecule has 0 aliphatic rings. The number of methoxy groups -OCH3 is 2. The van der Waals surface area contributed by atoms with Gasteiger partial charge in [0.1, 0.15) is 0 Å². The fourth-order valence-electron chi connectivity index (χ4n) is 1.62. The zero-order valence-corrected chi connectivity index (χ0v) is 12.1. The summed E-state index contributed by atoms with van der Waals surface area (Å²) in [6, 6.07) is 3.69. The number of oxime groups is 1. The highest BCUT2D eigenvalue weighted by atomic mass is 79.9. The van der Waals surface area contributed by atoms with Gasteiger partial charge in [-0.3, -0.25) is 0 Å². The second-order valence-electron chi connectivity index (χ2n) is 3.43. The Morgan fingerprint density at radius 3 is 2.67 bits per heavy atom. The molecule has 0 spiro atoms. The summed E-state index contributed by atoms with van der Waals surface area (Å²) in [5.41, 5.74) is 5.58. The first-order chi connectivity index (χ1) is 8.62. The summed E-state index contributed by atoms with van der Waals surface area (Å²) in [5.74, 6) is 1.33. The van der Waals surface area contributed by atoms with Crippen molar-refractivity contribution in [3.05, 3.63) is 21.5 Å². The third kappa shape index (κ3) is 1.99. The monoisotopic (exact) mass is 330 g/mol. The van der Waals surface area contributed by atoms with Gasteiger partial charge in [0.05, 0.1) is 23.6 Å². The molecule has 0 bridgehead atoms. The smallest absolute Gasteiger partial charge is 0.180 e. The molecule has 2 rings (SSSR count). The summed E-state index contributed by atoms with van der Waals surface area (Å²) in [4.78, 5) is 0.684. The van der Waals surface area contributed by atoms with Gasteiger partial charge < -0.3 is 20.4 Å². The van der Waals surface area contributed by atoms with Gasteiger partial charge in [-0.15, -0.1) is 11.3 Å². The minimum Gasteiger partial charge on any atom is -0.493 e. The number of ether oxygens (including phenoxy) is 2. The number of amidine groups is 1. The maximum absolute atomic E-state index is 8.69. The van der Waals surface area contributed by atoms with Gasteiger partial charge in [-0.2, -0.15) is 0 Å². The Labute approximate surface area is 116 Å². The van der Waals surface area contributed by atoms with Crippen LogP contribution in [0.4, 0.5) is 0 Å². The second kappa shape index (κ2) is 5.03. The van der Waals surface area contributed by atoms with Crippen molar-refractivity contribution in [1.29, 1.82) is 0 Å². The molecule has 2 aromatic rings. The number of nitrogens with zero attached hydrogens (tertiary/aromatic N) is 1. The largest absolute Gasteiger partial charge is 0.493 e. The molecular formula is C11H11BrN2O3S. The zero-order chi connectivity index (χ0) is 13.3. The fourth-order valence-corrected chi connectivity index (χ4v) is 3.43. The lowest BCUT2D eigenvalue weighted by Gasteiger charge is -2.09.